The second-order valence-electron chi connectivity index (χ2n) is 7.14. The number of rotatable bonds is 7. The monoisotopic (exact) mass is 374 g/mol. The average Bonchev–Trinajstić information content (AvgIpc) is 3.25. The molecule has 1 saturated heterocycles. The van der Waals surface area contributed by atoms with Crippen LogP contribution in [0.2, 0.25) is 0 Å². The van der Waals surface area contributed by atoms with E-state index in [1.165, 1.54) is 0 Å². The Hall–Kier alpha value is -2.61. The highest BCUT2D eigenvalue weighted by atomic mass is 16.5. The molecule has 0 spiro atoms. The summed E-state index contributed by atoms with van der Waals surface area (Å²) in [6, 6.07) is 5.10. The molecule has 1 fully saturated rings. The molecular formula is C19H26N4O4. The number of aromatic nitrogens is 1. The first kappa shape index (κ1) is 19.2. The number of aryl methyl sites for hydroxylation is 1. The van der Waals surface area contributed by atoms with Gasteiger partial charge in [-0.2, -0.15) is 0 Å². The van der Waals surface area contributed by atoms with Crippen molar-refractivity contribution in [1.82, 2.24) is 20.7 Å². The topological polar surface area (TPSA) is 101 Å². The minimum Gasteiger partial charge on any atom is -0.465 e. The van der Waals surface area contributed by atoms with Crippen LogP contribution >= 0.6 is 0 Å². The fourth-order valence-electron chi connectivity index (χ4n) is 3.06. The maximum atomic E-state index is 12.4. The van der Waals surface area contributed by atoms with Crippen LogP contribution in [0.1, 0.15) is 49.2 Å². The van der Waals surface area contributed by atoms with Crippen LogP contribution in [-0.2, 0) is 22.7 Å². The van der Waals surface area contributed by atoms with E-state index < -0.39 is 6.04 Å². The van der Waals surface area contributed by atoms with Gasteiger partial charge in [-0.25, -0.2) is 0 Å². The number of hydrogen-bond acceptors (Lipinski definition) is 6. The predicted octanol–water partition coefficient (Wildman–Crippen LogP) is 1.71. The molecule has 2 aromatic rings. The summed E-state index contributed by atoms with van der Waals surface area (Å²) in [6.07, 6.45) is 0.0801. The van der Waals surface area contributed by atoms with E-state index >= 15 is 0 Å². The molecule has 2 N–H and O–H groups in total. The molecule has 0 saturated carbocycles. The van der Waals surface area contributed by atoms with Crippen LogP contribution in [0.5, 0.6) is 0 Å². The normalized spacial score (nSPS) is 17.9. The van der Waals surface area contributed by atoms with E-state index in [-0.39, 0.29) is 30.7 Å². The molecular weight excluding hydrogens is 348 g/mol. The van der Waals surface area contributed by atoms with Gasteiger partial charge in [0, 0.05) is 19.2 Å². The van der Waals surface area contributed by atoms with E-state index in [9.17, 15) is 9.59 Å². The first-order valence-electron chi connectivity index (χ1n) is 9.21. The van der Waals surface area contributed by atoms with Gasteiger partial charge in [-0.1, -0.05) is 19.0 Å². The van der Waals surface area contributed by atoms with Gasteiger partial charge in [0.1, 0.15) is 11.5 Å². The van der Waals surface area contributed by atoms with Crippen LogP contribution in [0.15, 0.2) is 27.1 Å². The number of piperazine rings is 1. The Balaban J connectivity index is 1.56. The van der Waals surface area contributed by atoms with Crippen molar-refractivity contribution in [3.8, 4) is 0 Å². The summed E-state index contributed by atoms with van der Waals surface area (Å²) < 4.78 is 10.8. The van der Waals surface area contributed by atoms with Crippen molar-refractivity contribution >= 4 is 11.8 Å². The molecule has 27 heavy (non-hydrogen) atoms. The lowest BCUT2D eigenvalue weighted by atomic mass is 10.1. The molecule has 0 bridgehead atoms. The van der Waals surface area contributed by atoms with Crippen molar-refractivity contribution < 1.29 is 18.5 Å². The number of carbonyl (C=O) groups excluding carboxylic acids is 2. The largest absolute Gasteiger partial charge is 0.465 e. The number of carbonyl (C=O) groups is 2. The van der Waals surface area contributed by atoms with Crippen LogP contribution in [0.3, 0.4) is 0 Å². The molecule has 3 heterocycles. The van der Waals surface area contributed by atoms with Crippen LogP contribution in [0, 0.1) is 6.92 Å². The summed E-state index contributed by atoms with van der Waals surface area (Å²) in [5.41, 5.74) is 0.853. The maximum Gasteiger partial charge on any atom is 0.237 e. The second-order valence-corrected chi connectivity index (χ2v) is 7.14. The van der Waals surface area contributed by atoms with Crippen molar-refractivity contribution in [2.75, 3.05) is 13.1 Å². The number of furan rings is 1. The number of amides is 2. The molecule has 2 aromatic heterocycles. The third-order valence-corrected chi connectivity index (χ3v) is 4.60. The Morgan fingerprint density at radius 2 is 2.22 bits per heavy atom. The van der Waals surface area contributed by atoms with Gasteiger partial charge < -0.3 is 19.6 Å². The van der Waals surface area contributed by atoms with E-state index in [0.29, 0.717) is 25.4 Å². The summed E-state index contributed by atoms with van der Waals surface area (Å²) in [7, 11) is 0. The summed E-state index contributed by atoms with van der Waals surface area (Å²) in [6.45, 7) is 7.92. The fourth-order valence-corrected chi connectivity index (χ4v) is 3.06. The fraction of sp³-hybridized carbons (Fsp3) is 0.526. The first-order valence-corrected chi connectivity index (χ1v) is 9.21. The molecule has 3 rings (SSSR count). The van der Waals surface area contributed by atoms with Gasteiger partial charge >= 0.3 is 0 Å². The Labute approximate surface area is 158 Å². The minimum absolute atomic E-state index is 0.0801. The molecule has 2 amide bonds. The summed E-state index contributed by atoms with van der Waals surface area (Å²) >= 11 is 0. The quantitative estimate of drug-likeness (QED) is 0.765. The highest BCUT2D eigenvalue weighted by Crippen LogP contribution is 2.16. The first-order chi connectivity index (χ1) is 12.9. The zero-order valence-corrected chi connectivity index (χ0v) is 15.9. The van der Waals surface area contributed by atoms with E-state index in [0.717, 1.165) is 17.2 Å². The predicted molar refractivity (Wildman–Crippen MR) is 97.7 cm³/mol. The highest BCUT2D eigenvalue weighted by Gasteiger charge is 2.32. The third-order valence-electron chi connectivity index (χ3n) is 4.60. The zero-order valence-electron chi connectivity index (χ0n) is 15.9. The van der Waals surface area contributed by atoms with Gasteiger partial charge in [-0.15, -0.1) is 0 Å². The molecule has 1 unspecified atom stereocenters. The molecule has 8 nitrogen and oxygen atoms in total. The lowest BCUT2D eigenvalue weighted by molar-refractivity contribution is -0.134. The Kier molecular flexibility index (Phi) is 5.95. The number of nitrogens with zero attached hydrogens (tertiary/aromatic N) is 2. The Bertz CT molecular complexity index is 795. The van der Waals surface area contributed by atoms with E-state index in [4.69, 9.17) is 8.94 Å². The third kappa shape index (κ3) is 4.97. The van der Waals surface area contributed by atoms with Gasteiger partial charge in [0.05, 0.1) is 31.2 Å². The summed E-state index contributed by atoms with van der Waals surface area (Å²) in [5.74, 6) is 2.14. The zero-order chi connectivity index (χ0) is 19.4. The molecule has 0 radical (unpaired) electrons. The van der Waals surface area contributed by atoms with Gasteiger partial charge in [0.25, 0.3) is 0 Å². The van der Waals surface area contributed by atoms with Crippen molar-refractivity contribution in [1.29, 1.82) is 0 Å². The lowest BCUT2D eigenvalue weighted by Gasteiger charge is -2.34. The van der Waals surface area contributed by atoms with Crippen molar-refractivity contribution in [2.45, 2.75) is 52.2 Å². The van der Waals surface area contributed by atoms with Crippen molar-refractivity contribution in [3.05, 3.63) is 41.2 Å². The van der Waals surface area contributed by atoms with Crippen LogP contribution in [0.4, 0.5) is 0 Å². The summed E-state index contributed by atoms with van der Waals surface area (Å²) in [4.78, 5) is 26.6. The van der Waals surface area contributed by atoms with Crippen LogP contribution in [0.25, 0.3) is 0 Å². The van der Waals surface area contributed by atoms with Crippen LogP contribution < -0.4 is 10.6 Å². The number of nitrogens with one attached hydrogen (secondary N) is 2. The maximum absolute atomic E-state index is 12.4. The number of hydrogen-bond donors (Lipinski definition) is 2. The lowest BCUT2D eigenvalue weighted by Crippen LogP contribution is -2.56. The highest BCUT2D eigenvalue weighted by molar-refractivity contribution is 5.88. The van der Waals surface area contributed by atoms with Crippen molar-refractivity contribution in [3.63, 3.8) is 0 Å². The Morgan fingerprint density at radius 1 is 1.41 bits per heavy atom. The SMILES string of the molecule is Cc1ccc(CN2CCNC(=O)C2CC(=O)NCc2cc(C(C)C)no2)o1. The molecule has 1 atom stereocenters. The average molecular weight is 374 g/mol. The van der Waals surface area contributed by atoms with Crippen molar-refractivity contribution in [2.24, 2.45) is 0 Å². The standard InChI is InChI=1S/C19H26N4O4/c1-12(2)16-8-15(27-22-16)10-21-18(24)9-17-19(25)20-6-7-23(17)11-14-5-4-13(3)26-14/h4-5,8,12,17H,6-7,9-11H2,1-3H3,(H,20,25)(H,21,24). The van der Waals surface area contributed by atoms with E-state index in [1.54, 1.807) is 0 Å². The molecule has 0 aliphatic carbocycles. The van der Waals surface area contributed by atoms with Gasteiger partial charge in [-0.3, -0.25) is 14.5 Å². The molecule has 1 aliphatic heterocycles. The second kappa shape index (κ2) is 8.39. The molecule has 8 heteroatoms. The summed E-state index contributed by atoms with van der Waals surface area (Å²) in [5, 5.41) is 9.61. The van der Waals surface area contributed by atoms with Gasteiger partial charge in [0.15, 0.2) is 5.76 Å². The molecule has 0 aromatic carbocycles. The van der Waals surface area contributed by atoms with E-state index in [1.807, 2.05) is 43.9 Å². The molecule has 1 aliphatic rings. The van der Waals surface area contributed by atoms with Gasteiger partial charge in [-0.05, 0) is 25.0 Å². The van der Waals surface area contributed by atoms with Gasteiger partial charge in [0.2, 0.25) is 11.8 Å². The molecule has 146 valence electrons. The van der Waals surface area contributed by atoms with Crippen LogP contribution in [-0.4, -0.2) is 41.0 Å². The smallest absolute Gasteiger partial charge is 0.237 e. The Morgan fingerprint density at radius 3 is 2.89 bits per heavy atom. The minimum atomic E-state index is -0.523. The van der Waals surface area contributed by atoms with E-state index in [2.05, 4.69) is 15.8 Å².